The molecule has 3 aromatic carbocycles. The summed E-state index contributed by atoms with van der Waals surface area (Å²) in [5, 5.41) is 13.4. The van der Waals surface area contributed by atoms with E-state index in [2.05, 4.69) is 10.6 Å². The first-order valence-electron chi connectivity index (χ1n) is 20.0. The molecule has 0 saturated heterocycles. The highest BCUT2D eigenvalue weighted by molar-refractivity contribution is 7.90. The summed E-state index contributed by atoms with van der Waals surface area (Å²) in [6, 6.07) is 22.7. The number of hydrogen-bond acceptors (Lipinski definition) is 10. The molecule has 3 aromatic rings. The molecule has 58 heavy (non-hydrogen) atoms. The highest BCUT2D eigenvalue weighted by Gasteiger charge is 2.27. The lowest BCUT2D eigenvalue weighted by Gasteiger charge is -2.23. The van der Waals surface area contributed by atoms with Crippen molar-refractivity contribution in [3.05, 3.63) is 107 Å². The van der Waals surface area contributed by atoms with Gasteiger partial charge in [0.2, 0.25) is 11.8 Å². The van der Waals surface area contributed by atoms with Crippen LogP contribution in [0.15, 0.2) is 78.9 Å². The predicted molar refractivity (Wildman–Crippen MR) is 226 cm³/mol. The Morgan fingerprint density at radius 3 is 2.21 bits per heavy atom. The lowest BCUT2D eigenvalue weighted by Crippen LogP contribution is -2.45. The monoisotopic (exact) mass is 819 g/mol. The Labute approximate surface area is 343 Å². The van der Waals surface area contributed by atoms with Crippen LogP contribution in [0.25, 0.3) is 0 Å². The predicted octanol–water partition coefficient (Wildman–Crippen LogP) is 4.36. The van der Waals surface area contributed by atoms with Crippen LogP contribution in [0.2, 0.25) is 0 Å². The second kappa shape index (κ2) is 26.3. The number of nitrogen functional groups attached to an aromatic ring is 1. The fourth-order valence-corrected chi connectivity index (χ4v) is 7.93. The van der Waals surface area contributed by atoms with Crippen molar-refractivity contribution in [2.24, 2.45) is 17.4 Å². The number of ether oxygens (including phenoxy) is 2. The highest BCUT2D eigenvalue weighted by atomic mass is 32.2. The van der Waals surface area contributed by atoms with E-state index in [1.807, 2.05) is 42.5 Å². The molecule has 2 atom stereocenters. The van der Waals surface area contributed by atoms with Crippen LogP contribution in [-0.2, 0) is 63.6 Å². The minimum atomic E-state index is -3.55. The summed E-state index contributed by atoms with van der Waals surface area (Å²) < 4.78 is 36.7. The van der Waals surface area contributed by atoms with Gasteiger partial charge in [0.1, 0.15) is 11.6 Å². The van der Waals surface area contributed by atoms with Crippen molar-refractivity contribution < 1.29 is 37.1 Å². The summed E-state index contributed by atoms with van der Waals surface area (Å²) in [4.78, 5) is 52.5. The molecule has 0 spiro atoms. The van der Waals surface area contributed by atoms with Crippen LogP contribution >= 0.6 is 0 Å². The summed E-state index contributed by atoms with van der Waals surface area (Å²) in [7, 11) is -1.97. The molecule has 0 saturated carbocycles. The van der Waals surface area contributed by atoms with Crippen molar-refractivity contribution in [2.75, 3.05) is 39.2 Å². The maximum atomic E-state index is 14.1. The number of carbonyl (C=O) groups excluding carboxylic acids is 4. The quantitative estimate of drug-likeness (QED) is 0.0364. The Hall–Kier alpha value is -4.76. The third kappa shape index (κ3) is 19.1. The van der Waals surface area contributed by atoms with Gasteiger partial charge < -0.3 is 31.6 Å². The lowest BCUT2D eigenvalue weighted by molar-refractivity contribution is -0.130. The number of amidine groups is 1. The molecule has 2 amide bonds. The van der Waals surface area contributed by atoms with E-state index in [9.17, 15) is 27.6 Å². The zero-order chi connectivity index (χ0) is 42.2. The average Bonchev–Trinajstić information content (AvgIpc) is 3.21. The minimum absolute atomic E-state index is 0.0253. The zero-order valence-electron chi connectivity index (χ0n) is 33.7. The lowest BCUT2D eigenvalue weighted by atomic mass is 9.93. The summed E-state index contributed by atoms with van der Waals surface area (Å²) in [6.07, 6.45) is 3.56. The van der Waals surface area contributed by atoms with Crippen LogP contribution in [0, 0.1) is 11.3 Å². The minimum Gasteiger partial charge on any atom is -0.384 e. The topological polar surface area (TPSA) is 221 Å². The van der Waals surface area contributed by atoms with Crippen molar-refractivity contribution in [3.63, 3.8) is 0 Å². The summed E-state index contributed by atoms with van der Waals surface area (Å²) in [6.45, 7) is 1.95. The van der Waals surface area contributed by atoms with Crippen LogP contribution < -0.4 is 22.1 Å². The maximum absolute atomic E-state index is 14.1. The highest BCUT2D eigenvalue weighted by Crippen LogP contribution is 2.20. The van der Waals surface area contributed by atoms with E-state index in [1.54, 1.807) is 43.5 Å². The summed E-state index contributed by atoms with van der Waals surface area (Å²) in [5.41, 5.74) is 15.3. The number of unbranched alkanes of at least 4 members (excludes halogenated alkanes) is 2. The van der Waals surface area contributed by atoms with Crippen molar-refractivity contribution in [1.29, 1.82) is 5.41 Å². The van der Waals surface area contributed by atoms with Gasteiger partial charge in [0, 0.05) is 57.4 Å². The number of rotatable bonds is 30. The van der Waals surface area contributed by atoms with E-state index in [1.165, 1.54) is 0 Å². The number of benzene rings is 3. The number of ketones is 2. The van der Waals surface area contributed by atoms with Crippen LogP contribution in [0.4, 0.5) is 0 Å². The van der Waals surface area contributed by atoms with E-state index in [-0.39, 0.29) is 72.8 Å². The van der Waals surface area contributed by atoms with Gasteiger partial charge in [-0.1, -0.05) is 91.7 Å². The number of nitrogens with one attached hydrogen (secondary N) is 3. The Kier molecular flexibility index (Phi) is 21.6. The molecule has 0 aliphatic heterocycles. The molecule has 316 valence electrons. The molecule has 0 aliphatic carbocycles. The number of amides is 2. The fraction of sp³-hybridized carbons (Fsp3) is 0.477. The van der Waals surface area contributed by atoms with Gasteiger partial charge in [0.05, 0.1) is 37.4 Å². The molecular weight excluding hydrogens is 759 g/mol. The van der Waals surface area contributed by atoms with Gasteiger partial charge in [-0.3, -0.25) is 24.6 Å². The van der Waals surface area contributed by atoms with Gasteiger partial charge in [0.15, 0.2) is 15.6 Å². The Balaban J connectivity index is 1.64. The Morgan fingerprint density at radius 1 is 0.776 bits per heavy atom. The van der Waals surface area contributed by atoms with Crippen LogP contribution in [0.5, 0.6) is 0 Å². The van der Waals surface area contributed by atoms with Gasteiger partial charge >= 0.3 is 0 Å². The standard InChI is InChI=1S/C44H61N5O8S/c1-56-26-27-57-25-24-48-42(52)22-20-39(50)14-7-3-6-13-38(23-28-58(54,55)32-34-9-4-2-5-10-34)44(53)49-40(30-35-11-8-12-36(29-35)31-45)41(51)21-17-33-15-18-37(19-16-33)43(46)47/h2,4-5,8-12,15-16,18-19,29,38,40H,3,6-7,13-14,17,20-28,30-32,45H2,1H3,(H3,46,47)(H,48,52)(H,49,53)/t38-,40-/m0/s1. The van der Waals surface area contributed by atoms with E-state index < -0.39 is 21.8 Å². The molecule has 7 N–H and O–H groups in total. The summed E-state index contributed by atoms with van der Waals surface area (Å²) >= 11 is 0. The van der Waals surface area contributed by atoms with E-state index in [0.29, 0.717) is 82.6 Å². The molecule has 0 heterocycles. The van der Waals surface area contributed by atoms with Crippen molar-refractivity contribution in [1.82, 2.24) is 10.6 Å². The van der Waals surface area contributed by atoms with Gasteiger partial charge in [-0.2, -0.15) is 0 Å². The molecular formula is C44H61N5O8S. The number of sulfone groups is 1. The third-order valence-electron chi connectivity index (χ3n) is 9.81. The SMILES string of the molecule is COCCOCCNC(=O)CCC(=O)CCCCC[C@@H](CCS(=O)(=O)Cc1ccccc1)C(=O)N[C@@H](Cc1cccc(CN)c1)C(=O)CCc1ccc(C(=N)N)cc1. The first-order chi connectivity index (χ1) is 27.9. The van der Waals surface area contributed by atoms with Crippen molar-refractivity contribution in [3.8, 4) is 0 Å². The summed E-state index contributed by atoms with van der Waals surface area (Å²) in [5.74, 6) is -1.87. The largest absolute Gasteiger partial charge is 0.384 e. The Bertz CT molecular complexity index is 1850. The number of methoxy groups -OCH3 is 1. The van der Waals surface area contributed by atoms with Gasteiger partial charge in [0.25, 0.3) is 0 Å². The van der Waals surface area contributed by atoms with Gasteiger partial charge in [-0.05, 0) is 54.4 Å². The zero-order valence-corrected chi connectivity index (χ0v) is 34.5. The van der Waals surface area contributed by atoms with Crippen molar-refractivity contribution >= 4 is 39.1 Å². The normalized spacial score (nSPS) is 12.4. The Morgan fingerprint density at radius 2 is 1.50 bits per heavy atom. The number of carbonyl (C=O) groups is 4. The number of nitrogens with two attached hydrogens (primary N) is 2. The second-order valence-electron chi connectivity index (χ2n) is 14.5. The number of Topliss-reactive ketones (excluding diaryl/α,β-unsaturated/α-hetero) is 2. The molecule has 3 rings (SSSR count). The second-order valence-corrected chi connectivity index (χ2v) is 16.7. The molecule has 13 nitrogen and oxygen atoms in total. The van der Waals surface area contributed by atoms with Gasteiger partial charge in [-0.25, -0.2) is 8.42 Å². The first-order valence-corrected chi connectivity index (χ1v) is 21.8. The maximum Gasteiger partial charge on any atom is 0.223 e. The van der Waals surface area contributed by atoms with E-state index in [0.717, 1.165) is 16.7 Å². The molecule has 0 radical (unpaired) electrons. The number of aryl methyl sites for hydroxylation is 1. The third-order valence-corrected chi connectivity index (χ3v) is 11.4. The first kappa shape index (κ1) is 47.6. The van der Waals surface area contributed by atoms with Crippen molar-refractivity contribution in [2.45, 2.75) is 89.0 Å². The molecule has 0 fully saturated rings. The van der Waals surface area contributed by atoms with Gasteiger partial charge in [-0.15, -0.1) is 0 Å². The molecule has 0 unspecified atom stereocenters. The van der Waals surface area contributed by atoms with E-state index in [4.69, 9.17) is 26.4 Å². The average molecular weight is 820 g/mol. The fourth-order valence-electron chi connectivity index (χ4n) is 6.44. The van der Waals surface area contributed by atoms with E-state index >= 15 is 0 Å². The van der Waals surface area contributed by atoms with Crippen LogP contribution in [0.3, 0.4) is 0 Å². The molecule has 0 aromatic heterocycles. The smallest absolute Gasteiger partial charge is 0.223 e. The molecule has 0 aliphatic rings. The number of hydrogen-bond donors (Lipinski definition) is 5. The van der Waals surface area contributed by atoms with Crippen LogP contribution in [0.1, 0.15) is 85.6 Å². The molecule has 0 bridgehead atoms. The molecule has 14 heteroatoms. The van der Waals surface area contributed by atoms with Crippen LogP contribution in [-0.4, -0.2) is 82.9 Å².